The highest BCUT2D eigenvalue weighted by Gasteiger charge is 2.37. The van der Waals surface area contributed by atoms with Crippen molar-refractivity contribution in [2.24, 2.45) is 0 Å². The quantitative estimate of drug-likeness (QED) is 0.783. The van der Waals surface area contributed by atoms with E-state index in [2.05, 4.69) is 0 Å². The summed E-state index contributed by atoms with van der Waals surface area (Å²) in [7, 11) is 1.69. The Kier molecular flexibility index (Phi) is 3.61. The van der Waals surface area contributed by atoms with E-state index in [1.807, 2.05) is 26.8 Å². The van der Waals surface area contributed by atoms with Gasteiger partial charge in [0.15, 0.2) is 0 Å². The Hall–Kier alpha value is -2.17. The highest BCUT2D eigenvalue weighted by molar-refractivity contribution is 6.52. The molecular formula is C15H18N2O3. The fourth-order valence-corrected chi connectivity index (χ4v) is 2.11. The number of hydrogen-bond donors (Lipinski definition) is 0. The molecule has 1 aliphatic rings. The van der Waals surface area contributed by atoms with Crippen molar-refractivity contribution >= 4 is 23.3 Å². The minimum atomic E-state index is -0.629. The zero-order valence-corrected chi connectivity index (χ0v) is 12.1. The highest BCUT2D eigenvalue weighted by atomic mass is 16.2. The van der Waals surface area contributed by atoms with E-state index in [-0.39, 0.29) is 18.5 Å². The molecular weight excluding hydrogens is 256 g/mol. The van der Waals surface area contributed by atoms with Gasteiger partial charge in [-0.2, -0.15) is 0 Å². The number of Topliss-reactive ketones (excluding diaryl/α,β-unsaturated/α-hetero) is 1. The van der Waals surface area contributed by atoms with Crippen LogP contribution in [-0.4, -0.2) is 42.1 Å². The SMILES string of the molecule is Cc1ccc2c(c1)C(=O)C(=O)N2CC(=O)N(C)C(C)C. The number of carbonyl (C=O) groups excluding carboxylic acids is 3. The number of rotatable bonds is 3. The summed E-state index contributed by atoms with van der Waals surface area (Å²) in [4.78, 5) is 38.8. The van der Waals surface area contributed by atoms with Crippen molar-refractivity contribution in [1.82, 2.24) is 4.90 Å². The molecule has 0 fully saturated rings. The molecule has 0 saturated carbocycles. The Morgan fingerprint density at radius 1 is 1.30 bits per heavy atom. The third-order valence-corrected chi connectivity index (χ3v) is 3.59. The molecule has 5 heteroatoms. The average molecular weight is 274 g/mol. The van der Waals surface area contributed by atoms with E-state index in [0.29, 0.717) is 11.3 Å². The van der Waals surface area contributed by atoms with Crippen molar-refractivity contribution in [3.63, 3.8) is 0 Å². The first-order chi connectivity index (χ1) is 9.32. The normalized spacial score (nSPS) is 13.9. The number of carbonyl (C=O) groups is 3. The van der Waals surface area contributed by atoms with E-state index in [4.69, 9.17) is 0 Å². The number of nitrogens with zero attached hydrogens (tertiary/aromatic N) is 2. The van der Waals surface area contributed by atoms with Gasteiger partial charge in [0.2, 0.25) is 5.91 Å². The molecule has 0 spiro atoms. The summed E-state index contributed by atoms with van der Waals surface area (Å²) in [6.45, 7) is 5.55. The maximum absolute atomic E-state index is 12.1. The summed E-state index contributed by atoms with van der Waals surface area (Å²) >= 11 is 0. The van der Waals surface area contributed by atoms with Crippen LogP contribution in [0, 0.1) is 6.92 Å². The van der Waals surface area contributed by atoms with Crippen LogP contribution in [-0.2, 0) is 9.59 Å². The predicted molar refractivity (Wildman–Crippen MR) is 75.8 cm³/mol. The molecule has 0 unspecified atom stereocenters. The Bertz CT molecular complexity index is 593. The van der Waals surface area contributed by atoms with Crippen molar-refractivity contribution in [1.29, 1.82) is 0 Å². The minimum Gasteiger partial charge on any atom is -0.342 e. The smallest absolute Gasteiger partial charge is 0.299 e. The van der Waals surface area contributed by atoms with E-state index in [9.17, 15) is 14.4 Å². The van der Waals surface area contributed by atoms with Crippen LogP contribution in [0.15, 0.2) is 18.2 Å². The van der Waals surface area contributed by atoms with Crippen LogP contribution in [0.2, 0.25) is 0 Å². The molecule has 2 rings (SSSR count). The lowest BCUT2D eigenvalue weighted by atomic mass is 10.1. The fourth-order valence-electron chi connectivity index (χ4n) is 2.11. The third-order valence-electron chi connectivity index (χ3n) is 3.59. The molecule has 1 aliphatic heterocycles. The molecule has 0 aliphatic carbocycles. The van der Waals surface area contributed by atoms with Crippen LogP contribution in [0.5, 0.6) is 0 Å². The first kappa shape index (κ1) is 14.2. The van der Waals surface area contributed by atoms with Crippen LogP contribution >= 0.6 is 0 Å². The van der Waals surface area contributed by atoms with Gasteiger partial charge in [0.25, 0.3) is 11.7 Å². The lowest BCUT2D eigenvalue weighted by Gasteiger charge is -2.24. The van der Waals surface area contributed by atoms with E-state index >= 15 is 0 Å². The Morgan fingerprint density at radius 3 is 2.55 bits per heavy atom. The van der Waals surface area contributed by atoms with Crippen molar-refractivity contribution in [3.8, 4) is 0 Å². The Balaban J connectivity index is 2.29. The van der Waals surface area contributed by atoms with Gasteiger partial charge in [0.1, 0.15) is 6.54 Å². The van der Waals surface area contributed by atoms with E-state index < -0.39 is 11.7 Å². The molecule has 0 atom stereocenters. The number of ketones is 1. The van der Waals surface area contributed by atoms with Crippen molar-refractivity contribution in [2.45, 2.75) is 26.8 Å². The van der Waals surface area contributed by atoms with E-state index in [1.165, 1.54) is 4.90 Å². The summed E-state index contributed by atoms with van der Waals surface area (Å²) in [5, 5.41) is 0. The molecule has 1 heterocycles. The van der Waals surface area contributed by atoms with Crippen molar-refractivity contribution in [2.75, 3.05) is 18.5 Å². The number of likely N-dealkylation sites (N-methyl/N-ethyl adjacent to an activating group) is 1. The minimum absolute atomic E-state index is 0.0494. The average Bonchev–Trinajstić information content (AvgIpc) is 2.62. The topological polar surface area (TPSA) is 57.7 Å². The van der Waals surface area contributed by atoms with E-state index in [1.54, 1.807) is 24.1 Å². The van der Waals surface area contributed by atoms with E-state index in [0.717, 1.165) is 5.56 Å². The molecule has 1 aromatic carbocycles. The van der Waals surface area contributed by atoms with Crippen LogP contribution in [0.3, 0.4) is 0 Å². The fraction of sp³-hybridized carbons (Fsp3) is 0.400. The number of aryl methyl sites for hydroxylation is 1. The monoisotopic (exact) mass is 274 g/mol. The van der Waals surface area contributed by atoms with Gasteiger partial charge < -0.3 is 4.90 Å². The van der Waals surface area contributed by atoms with Gasteiger partial charge in [-0.3, -0.25) is 19.3 Å². The first-order valence-corrected chi connectivity index (χ1v) is 6.55. The van der Waals surface area contributed by atoms with Crippen molar-refractivity contribution < 1.29 is 14.4 Å². The Morgan fingerprint density at radius 2 is 1.95 bits per heavy atom. The lowest BCUT2D eigenvalue weighted by Crippen LogP contribution is -2.43. The highest BCUT2D eigenvalue weighted by Crippen LogP contribution is 2.29. The molecule has 0 aromatic heterocycles. The van der Waals surface area contributed by atoms with Gasteiger partial charge in [-0.1, -0.05) is 11.6 Å². The van der Waals surface area contributed by atoms with Gasteiger partial charge in [-0.05, 0) is 32.9 Å². The van der Waals surface area contributed by atoms with Gasteiger partial charge in [-0.15, -0.1) is 0 Å². The number of amides is 2. The summed E-state index contributed by atoms with van der Waals surface area (Å²) in [5.41, 5.74) is 1.82. The lowest BCUT2D eigenvalue weighted by molar-refractivity contribution is -0.131. The summed E-state index contributed by atoms with van der Waals surface area (Å²) in [6.07, 6.45) is 0. The Labute approximate surface area is 118 Å². The molecule has 0 bridgehead atoms. The molecule has 1 aromatic rings. The van der Waals surface area contributed by atoms with Gasteiger partial charge in [0, 0.05) is 13.1 Å². The predicted octanol–water partition coefficient (Wildman–Crippen LogP) is 1.39. The molecule has 20 heavy (non-hydrogen) atoms. The van der Waals surface area contributed by atoms with Crippen LogP contribution in [0.25, 0.3) is 0 Å². The zero-order chi connectivity index (χ0) is 15.0. The molecule has 106 valence electrons. The number of hydrogen-bond acceptors (Lipinski definition) is 3. The summed E-state index contributed by atoms with van der Waals surface area (Å²) in [5.74, 6) is -1.35. The number of benzene rings is 1. The van der Waals surface area contributed by atoms with Gasteiger partial charge in [0.05, 0.1) is 11.3 Å². The van der Waals surface area contributed by atoms with Crippen LogP contribution < -0.4 is 4.90 Å². The second kappa shape index (κ2) is 5.07. The van der Waals surface area contributed by atoms with Crippen LogP contribution in [0.1, 0.15) is 29.8 Å². The maximum atomic E-state index is 12.1. The first-order valence-electron chi connectivity index (χ1n) is 6.55. The molecule has 0 saturated heterocycles. The second-order valence-electron chi connectivity index (χ2n) is 5.34. The molecule has 0 N–H and O–H groups in total. The summed E-state index contributed by atoms with van der Waals surface area (Å²) in [6, 6.07) is 5.28. The summed E-state index contributed by atoms with van der Waals surface area (Å²) < 4.78 is 0. The maximum Gasteiger partial charge on any atom is 0.299 e. The number of anilines is 1. The third kappa shape index (κ3) is 2.31. The van der Waals surface area contributed by atoms with Crippen LogP contribution in [0.4, 0.5) is 5.69 Å². The standard InChI is InChI=1S/C15H18N2O3/c1-9(2)16(4)13(18)8-17-12-6-5-10(3)7-11(12)14(19)15(17)20/h5-7,9H,8H2,1-4H3. The van der Waals surface area contributed by atoms with Gasteiger partial charge >= 0.3 is 0 Å². The zero-order valence-electron chi connectivity index (χ0n) is 12.1. The largest absolute Gasteiger partial charge is 0.342 e. The van der Waals surface area contributed by atoms with Gasteiger partial charge in [-0.25, -0.2) is 0 Å². The second-order valence-corrected chi connectivity index (χ2v) is 5.34. The number of fused-ring (bicyclic) bond motifs is 1. The molecule has 0 radical (unpaired) electrons. The molecule has 5 nitrogen and oxygen atoms in total. The van der Waals surface area contributed by atoms with Crippen molar-refractivity contribution in [3.05, 3.63) is 29.3 Å². The molecule has 2 amide bonds.